The van der Waals surface area contributed by atoms with Crippen molar-refractivity contribution in [1.82, 2.24) is 5.32 Å². The van der Waals surface area contributed by atoms with Gasteiger partial charge in [0, 0.05) is 12.5 Å². The van der Waals surface area contributed by atoms with Crippen molar-refractivity contribution in [1.29, 1.82) is 0 Å². The molecule has 0 bridgehead atoms. The number of amides is 1. The Hall–Kier alpha value is -1.33. The van der Waals surface area contributed by atoms with E-state index in [9.17, 15) is 4.79 Å². The first-order chi connectivity index (χ1) is 8.66. The third-order valence-corrected chi connectivity index (χ3v) is 3.44. The first-order valence-electron chi connectivity index (χ1n) is 6.39. The average Bonchev–Trinajstić information content (AvgIpc) is 2.90. The van der Waals surface area contributed by atoms with Crippen LogP contribution in [0.15, 0.2) is 24.3 Å². The lowest BCUT2D eigenvalue weighted by molar-refractivity contribution is -0.124. The topological polar surface area (TPSA) is 69.6 Å². The fourth-order valence-corrected chi connectivity index (χ4v) is 2.39. The minimum atomic E-state index is -1.46. The Morgan fingerprint density at radius 3 is 2.72 bits per heavy atom. The van der Waals surface area contributed by atoms with Crippen molar-refractivity contribution in [3.8, 4) is 0 Å². The van der Waals surface area contributed by atoms with Crippen LogP contribution < -0.4 is 10.8 Å². The summed E-state index contributed by atoms with van der Waals surface area (Å²) >= 11 is 0. The molecule has 0 radical (unpaired) electrons. The predicted octanol–water partition coefficient (Wildman–Crippen LogP) is 0.173. The Bertz CT molecular complexity index is 416. The second-order valence-electron chi connectivity index (χ2n) is 4.82. The third-order valence-electron chi connectivity index (χ3n) is 3.44. The van der Waals surface area contributed by atoms with E-state index in [1.807, 2.05) is 6.07 Å². The molecule has 96 valence electrons. The molecule has 1 saturated carbocycles. The van der Waals surface area contributed by atoms with Gasteiger partial charge in [-0.25, -0.2) is 0 Å². The van der Waals surface area contributed by atoms with Gasteiger partial charge in [0.1, 0.15) is 0 Å². The van der Waals surface area contributed by atoms with Crippen LogP contribution in [-0.2, 0) is 11.3 Å². The van der Waals surface area contributed by atoms with E-state index in [1.165, 1.54) is 0 Å². The highest BCUT2D eigenvalue weighted by molar-refractivity contribution is 6.58. The SMILES string of the molecule is O=C(NCc1cccc(B(O)O)c1)C1CCCC1. The maximum atomic E-state index is 11.8. The second kappa shape index (κ2) is 6.02. The monoisotopic (exact) mass is 247 g/mol. The number of carbonyl (C=O) groups is 1. The van der Waals surface area contributed by atoms with E-state index in [4.69, 9.17) is 10.0 Å². The van der Waals surface area contributed by atoms with Crippen LogP contribution in [0.5, 0.6) is 0 Å². The molecular weight excluding hydrogens is 229 g/mol. The molecule has 1 aromatic rings. The van der Waals surface area contributed by atoms with E-state index in [2.05, 4.69) is 5.32 Å². The molecular formula is C13H18BNO3. The van der Waals surface area contributed by atoms with Gasteiger partial charge in [-0.1, -0.05) is 37.1 Å². The summed E-state index contributed by atoms with van der Waals surface area (Å²) in [5.41, 5.74) is 1.33. The number of nitrogens with one attached hydrogen (secondary N) is 1. The van der Waals surface area contributed by atoms with Crippen LogP contribution in [0.2, 0.25) is 0 Å². The molecule has 0 heterocycles. The van der Waals surface area contributed by atoms with E-state index in [1.54, 1.807) is 18.2 Å². The van der Waals surface area contributed by atoms with E-state index in [-0.39, 0.29) is 11.8 Å². The summed E-state index contributed by atoms with van der Waals surface area (Å²) in [5.74, 6) is 0.277. The molecule has 0 aliphatic heterocycles. The maximum Gasteiger partial charge on any atom is 0.488 e. The summed E-state index contributed by atoms with van der Waals surface area (Å²) < 4.78 is 0. The van der Waals surface area contributed by atoms with E-state index >= 15 is 0 Å². The van der Waals surface area contributed by atoms with E-state index in [0.717, 1.165) is 31.2 Å². The Kier molecular flexibility index (Phi) is 4.39. The first kappa shape index (κ1) is 13.1. The molecule has 1 fully saturated rings. The second-order valence-corrected chi connectivity index (χ2v) is 4.82. The highest BCUT2D eigenvalue weighted by Crippen LogP contribution is 2.24. The summed E-state index contributed by atoms with van der Waals surface area (Å²) in [7, 11) is -1.46. The van der Waals surface area contributed by atoms with Gasteiger partial charge in [-0.15, -0.1) is 0 Å². The zero-order valence-electron chi connectivity index (χ0n) is 10.3. The lowest BCUT2D eigenvalue weighted by Gasteiger charge is -2.11. The maximum absolute atomic E-state index is 11.8. The van der Waals surface area contributed by atoms with E-state index < -0.39 is 7.12 Å². The van der Waals surface area contributed by atoms with Crippen LogP contribution in [0, 0.1) is 5.92 Å². The molecule has 1 aliphatic rings. The Labute approximate surface area is 107 Å². The van der Waals surface area contributed by atoms with Gasteiger partial charge >= 0.3 is 7.12 Å². The number of rotatable bonds is 4. The van der Waals surface area contributed by atoms with Crippen molar-refractivity contribution in [2.45, 2.75) is 32.2 Å². The normalized spacial score (nSPS) is 15.7. The highest BCUT2D eigenvalue weighted by atomic mass is 16.4. The van der Waals surface area contributed by atoms with Crippen LogP contribution in [0.4, 0.5) is 0 Å². The number of hydrogen-bond donors (Lipinski definition) is 3. The van der Waals surface area contributed by atoms with Crippen molar-refractivity contribution in [2.75, 3.05) is 0 Å². The zero-order chi connectivity index (χ0) is 13.0. The molecule has 4 nitrogen and oxygen atoms in total. The average molecular weight is 247 g/mol. The van der Waals surface area contributed by atoms with Crippen LogP contribution in [-0.4, -0.2) is 23.1 Å². The Balaban J connectivity index is 1.89. The minimum Gasteiger partial charge on any atom is -0.423 e. The van der Waals surface area contributed by atoms with Gasteiger partial charge in [-0.3, -0.25) is 4.79 Å². The van der Waals surface area contributed by atoms with Gasteiger partial charge < -0.3 is 15.4 Å². The molecule has 0 unspecified atom stereocenters. The van der Waals surface area contributed by atoms with Gasteiger partial charge in [0.05, 0.1) is 0 Å². The molecule has 5 heteroatoms. The van der Waals surface area contributed by atoms with Crippen LogP contribution >= 0.6 is 0 Å². The molecule has 0 saturated heterocycles. The Morgan fingerprint density at radius 2 is 2.06 bits per heavy atom. The lowest BCUT2D eigenvalue weighted by Crippen LogP contribution is -2.32. The van der Waals surface area contributed by atoms with Gasteiger partial charge in [-0.2, -0.15) is 0 Å². The fraction of sp³-hybridized carbons (Fsp3) is 0.462. The third kappa shape index (κ3) is 3.34. The van der Waals surface area contributed by atoms with Crippen molar-refractivity contribution >= 4 is 18.5 Å². The predicted molar refractivity (Wildman–Crippen MR) is 70.1 cm³/mol. The van der Waals surface area contributed by atoms with Crippen molar-refractivity contribution in [3.63, 3.8) is 0 Å². The standard InChI is InChI=1S/C13H18BNO3/c16-13(11-5-1-2-6-11)15-9-10-4-3-7-12(8-10)14(17)18/h3-4,7-8,11,17-18H,1-2,5-6,9H2,(H,15,16). The summed E-state index contributed by atoms with van der Waals surface area (Å²) in [6, 6.07) is 6.96. The van der Waals surface area contributed by atoms with Gasteiger partial charge in [0.2, 0.25) is 5.91 Å². The fourth-order valence-electron chi connectivity index (χ4n) is 2.39. The molecule has 2 rings (SSSR count). The molecule has 1 aromatic carbocycles. The molecule has 0 aromatic heterocycles. The quantitative estimate of drug-likeness (QED) is 0.664. The smallest absolute Gasteiger partial charge is 0.423 e. The minimum absolute atomic E-state index is 0.113. The number of hydrogen-bond acceptors (Lipinski definition) is 3. The van der Waals surface area contributed by atoms with Crippen LogP contribution in [0.1, 0.15) is 31.2 Å². The summed E-state index contributed by atoms with van der Waals surface area (Å²) in [5, 5.41) is 21.0. The summed E-state index contributed by atoms with van der Waals surface area (Å²) in [6.45, 7) is 0.440. The summed E-state index contributed by atoms with van der Waals surface area (Å²) in [6.07, 6.45) is 4.26. The van der Waals surface area contributed by atoms with Crippen LogP contribution in [0.3, 0.4) is 0 Å². The largest absolute Gasteiger partial charge is 0.488 e. The first-order valence-corrected chi connectivity index (χ1v) is 6.39. The summed E-state index contributed by atoms with van der Waals surface area (Å²) in [4.78, 5) is 11.8. The van der Waals surface area contributed by atoms with Crippen molar-refractivity contribution < 1.29 is 14.8 Å². The molecule has 18 heavy (non-hydrogen) atoms. The van der Waals surface area contributed by atoms with Crippen LogP contribution in [0.25, 0.3) is 0 Å². The van der Waals surface area contributed by atoms with Crippen molar-refractivity contribution in [3.05, 3.63) is 29.8 Å². The van der Waals surface area contributed by atoms with Crippen molar-refractivity contribution in [2.24, 2.45) is 5.92 Å². The van der Waals surface area contributed by atoms with Gasteiger partial charge in [-0.05, 0) is 23.9 Å². The molecule has 1 aliphatic carbocycles. The van der Waals surface area contributed by atoms with Gasteiger partial charge in [0.15, 0.2) is 0 Å². The zero-order valence-corrected chi connectivity index (χ0v) is 10.3. The van der Waals surface area contributed by atoms with E-state index in [0.29, 0.717) is 12.0 Å². The lowest BCUT2D eigenvalue weighted by atomic mass is 9.79. The molecule has 3 N–H and O–H groups in total. The molecule has 1 amide bonds. The molecule has 0 spiro atoms. The Morgan fingerprint density at radius 1 is 1.33 bits per heavy atom. The number of carbonyl (C=O) groups excluding carboxylic acids is 1. The number of benzene rings is 1. The molecule has 0 atom stereocenters. The highest BCUT2D eigenvalue weighted by Gasteiger charge is 2.22. The van der Waals surface area contributed by atoms with Gasteiger partial charge in [0.25, 0.3) is 0 Å².